The number of rotatable bonds is 4. The normalized spacial score (nSPS) is 19.5. The van der Waals surface area contributed by atoms with Gasteiger partial charge in [0, 0.05) is 23.4 Å². The molecule has 0 aliphatic carbocycles. The first-order valence-electron chi connectivity index (χ1n) is 7.50. The molecule has 3 rings (SSSR count). The number of ether oxygens (including phenoxy) is 1. The highest BCUT2D eigenvalue weighted by Crippen LogP contribution is 2.31. The lowest BCUT2D eigenvalue weighted by molar-refractivity contribution is -0.0105. The third-order valence-electron chi connectivity index (χ3n) is 4.61. The molecule has 1 aromatic carbocycles. The van der Waals surface area contributed by atoms with Gasteiger partial charge in [0.15, 0.2) is 5.78 Å². The van der Waals surface area contributed by atoms with Crippen LogP contribution in [0, 0.1) is 0 Å². The summed E-state index contributed by atoms with van der Waals surface area (Å²) < 4.78 is 6.54. The highest BCUT2D eigenvalue weighted by molar-refractivity contribution is 7.17. The molecule has 0 spiro atoms. The maximum Gasteiger partial charge on any atom is 0.184 e. The Morgan fingerprint density at radius 3 is 2.81 bits per heavy atom. The lowest BCUT2D eigenvalue weighted by Gasteiger charge is -2.41. The van der Waals surface area contributed by atoms with Gasteiger partial charge in [0.2, 0.25) is 0 Å². The molecule has 0 saturated carbocycles. The van der Waals surface area contributed by atoms with Crippen molar-refractivity contribution in [3.05, 3.63) is 35.2 Å². The molecule has 1 aliphatic heterocycles. The first kappa shape index (κ1) is 14.7. The van der Waals surface area contributed by atoms with Gasteiger partial charge < -0.3 is 4.74 Å². The number of nitrogens with zero attached hydrogens (tertiary/aromatic N) is 1. The SMILES string of the molecule is CCC(C)(C(=O)c1cccc2ccsc12)N1CCOCC1. The summed E-state index contributed by atoms with van der Waals surface area (Å²) in [6.45, 7) is 7.26. The Hall–Kier alpha value is -1.23. The molecular weight excluding hydrogens is 282 g/mol. The molecule has 1 atom stereocenters. The largest absolute Gasteiger partial charge is 0.379 e. The minimum atomic E-state index is -0.442. The molecule has 21 heavy (non-hydrogen) atoms. The van der Waals surface area contributed by atoms with Crippen molar-refractivity contribution in [3.63, 3.8) is 0 Å². The van der Waals surface area contributed by atoms with E-state index >= 15 is 0 Å². The molecule has 1 saturated heterocycles. The Labute approximate surface area is 129 Å². The van der Waals surface area contributed by atoms with E-state index in [1.54, 1.807) is 11.3 Å². The van der Waals surface area contributed by atoms with Crippen molar-refractivity contribution >= 4 is 27.2 Å². The second-order valence-corrected chi connectivity index (χ2v) is 6.62. The molecule has 1 fully saturated rings. The summed E-state index contributed by atoms with van der Waals surface area (Å²) in [5, 5.41) is 3.21. The van der Waals surface area contributed by atoms with Crippen LogP contribution >= 0.6 is 11.3 Å². The van der Waals surface area contributed by atoms with Crippen molar-refractivity contribution in [1.82, 2.24) is 4.90 Å². The molecule has 1 unspecified atom stereocenters. The van der Waals surface area contributed by atoms with Crippen molar-refractivity contribution in [2.24, 2.45) is 0 Å². The van der Waals surface area contributed by atoms with E-state index in [0.29, 0.717) is 13.2 Å². The third kappa shape index (κ3) is 2.52. The molecule has 3 nitrogen and oxygen atoms in total. The molecule has 112 valence electrons. The van der Waals surface area contributed by atoms with Gasteiger partial charge in [0.05, 0.1) is 18.8 Å². The van der Waals surface area contributed by atoms with Crippen LogP contribution in [0.25, 0.3) is 10.1 Å². The van der Waals surface area contributed by atoms with Gasteiger partial charge in [-0.2, -0.15) is 0 Å². The van der Waals surface area contributed by atoms with Crippen LogP contribution in [0.5, 0.6) is 0 Å². The van der Waals surface area contributed by atoms with Gasteiger partial charge in [-0.05, 0) is 36.2 Å². The number of carbonyl (C=O) groups excluding carboxylic acids is 1. The Bertz CT molecular complexity index is 645. The number of hydrogen-bond acceptors (Lipinski definition) is 4. The van der Waals surface area contributed by atoms with Crippen LogP contribution in [0.4, 0.5) is 0 Å². The first-order chi connectivity index (χ1) is 10.2. The summed E-state index contributed by atoms with van der Waals surface area (Å²) in [6.07, 6.45) is 0.813. The van der Waals surface area contributed by atoms with Crippen molar-refractivity contribution in [3.8, 4) is 0 Å². The highest BCUT2D eigenvalue weighted by atomic mass is 32.1. The zero-order valence-electron chi connectivity index (χ0n) is 12.6. The number of fused-ring (bicyclic) bond motifs is 1. The summed E-state index contributed by atoms with van der Waals surface area (Å²) in [5.74, 6) is 0.236. The van der Waals surface area contributed by atoms with Gasteiger partial charge in [-0.1, -0.05) is 19.1 Å². The number of morpholine rings is 1. The molecule has 1 aromatic heterocycles. The molecule has 0 radical (unpaired) electrons. The average molecular weight is 303 g/mol. The van der Waals surface area contributed by atoms with Crippen molar-refractivity contribution in [1.29, 1.82) is 0 Å². The van der Waals surface area contributed by atoms with Crippen LogP contribution in [0.3, 0.4) is 0 Å². The molecule has 4 heteroatoms. The fourth-order valence-corrected chi connectivity index (χ4v) is 3.96. The number of thiophene rings is 1. The van der Waals surface area contributed by atoms with Crippen LogP contribution < -0.4 is 0 Å². The average Bonchev–Trinajstić information content (AvgIpc) is 3.02. The minimum absolute atomic E-state index is 0.236. The van der Waals surface area contributed by atoms with E-state index in [4.69, 9.17) is 4.74 Å². The predicted molar refractivity (Wildman–Crippen MR) is 87.2 cm³/mol. The van der Waals surface area contributed by atoms with Gasteiger partial charge in [0.25, 0.3) is 0 Å². The maximum atomic E-state index is 13.2. The minimum Gasteiger partial charge on any atom is -0.379 e. The van der Waals surface area contributed by atoms with E-state index in [1.165, 1.54) is 0 Å². The molecule has 2 heterocycles. The number of Topliss-reactive ketones (excluding diaryl/α,β-unsaturated/α-hetero) is 1. The van der Waals surface area contributed by atoms with E-state index in [2.05, 4.69) is 36.3 Å². The van der Waals surface area contributed by atoms with Crippen LogP contribution in [0.1, 0.15) is 30.6 Å². The Kier molecular flexibility index (Phi) is 4.11. The maximum absolute atomic E-state index is 13.2. The quantitative estimate of drug-likeness (QED) is 0.809. The summed E-state index contributed by atoms with van der Waals surface area (Å²) in [5.41, 5.74) is 0.417. The molecule has 0 N–H and O–H groups in total. The first-order valence-corrected chi connectivity index (χ1v) is 8.38. The topological polar surface area (TPSA) is 29.5 Å². The Balaban J connectivity index is 2.00. The van der Waals surface area contributed by atoms with Crippen LogP contribution in [-0.2, 0) is 4.74 Å². The van der Waals surface area contributed by atoms with E-state index in [0.717, 1.165) is 35.2 Å². The lowest BCUT2D eigenvalue weighted by Crippen LogP contribution is -2.56. The smallest absolute Gasteiger partial charge is 0.184 e. The van der Waals surface area contributed by atoms with E-state index in [9.17, 15) is 4.79 Å². The number of benzene rings is 1. The molecule has 2 aromatic rings. The fraction of sp³-hybridized carbons (Fsp3) is 0.471. The monoisotopic (exact) mass is 303 g/mol. The second kappa shape index (κ2) is 5.87. The molecule has 0 bridgehead atoms. The standard InChI is InChI=1S/C17H21NO2S/c1-3-17(2,18-8-10-20-11-9-18)16(19)14-6-4-5-13-7-12-21-15(13)14/h4-7,12H,3,8-11H2,1-2H3. The molecule has 1 aliphatic rings. The van der Waals surface area contributed by atoms with Gasteiger partial charge in [-0.3, -0.25) is 9.69 Å². The van der Waals surface area contributed by atoms with Gasteiger partial charge >= 0.3 is 0 Å². The molecule has 0 amide bonds. The summed E-state index contributed by atoms with van der Waals surface area (Å²) >= 11 is 1.65. The zero-order chi connectivity index (χ0) is 14.9. The molecular formula is C17H21NO2S. The number of hydrogen-bond donors (Lipinski definition) is 0. The second-order valence-electron chi connectivity index (χ2n) is 5.70. The van der Waals surface area contributed by atoms with Crippen LogP contribution in [0.15, 0.2) is 29.6 Å². The van der Waals surface area contributed by atoms with E-state index in [1.807, 2.05) is 12.1 Å². The highest BCUT2D eigenvalue weighted by Gasteiger charge is 2.39. The van der Waals surface area contributed by atoms with Crippen molar-refractivity contribution in [2.45, 2.75) is 25.8 Å². The van der Waals surface area contributed by atoms with E-state index in [-0.39, 0.29) is 5.78 Å². The summed E-state index contributed by atoms with van der Waals surface area (Å²) in [7, 11) is 0. The third-order valence-corrected chi connectivity index (χ3v) is 5.57. The lowest BCUT2D eigenvalue weighted by atomic mass is 9.86. The Morgan fingerprint density at radius 2 is 2.10 bits per heavy atom. The Morgan fingerprint density at radius 1 is 1.33 bits per heavy atom. The predicted octanol–water partition coefficient (Wildman–Crippen LogP) is 3.58. The fourth-order valence-electron chi connectivity index (χ4n) is 3.05. The van der Waals surface area contributed by atoms with Crippen LogP contribution in [0.2, 0.25) is 0 Å². The van der Waals surface area contributed by atoms with Gasteiger partial charge in [0.1, 0.15) is 0 Å². The number of carbonyl (C=O) groups is 1. The van der Waals surface area contributed by atoms with Gasteiger partial charge in [-0.25, -0.2) is 0 Å². The summed E-state index contributed by atoms with van der Waals surface area (Å²) in [4.78, 5) is 15.5. The van der Waals surface area contributed by atoms with Crippen molar-refractivity contribution < 1.29 is 9.53 Å². The van der Waals surface area contributed by atoms with Gasteiger partial charge in [-0.15, -0.1) is 11.3 Å². The van der Waals surface area contributed by atoms with Crippen molar-refractivity contribution in [2.75, 3.05) is 26.3 Å². The van der Waals surface area contributed by atoms with Crippen LogP contribution in [-0.4, -0.2) is 42.5 Å². The van der Waals surface area contributed by atoms with E-state index < -0.39 is 5.54 Å². The number of ketones is 1. The zero-order valence-corrected chi connectivity index (χ0v) is 13.4. The summed E-state index contributed by atoms with van der Waals surface area (Å²) in [6, 6.07) is 8.10.